The van der Waals surface area contributed by atoms with Crippen LogP contribution in [0, 0.1) is 0 Å². The van der Waals surface area contributed by atoms with Crippen LogP contribution in [0.3, 0.4) is 0 Å². The Kier molecular flexibility index (Phi) is 10.2. The molecule has 4 nitrogen and oxygen atoms in total. The second kappa shape index (κ2) is 12.9. The van der Waals surface area contributed by atoms with Gasteiger partial charge in [-0.15, -0.1) is 11.8 Å². The third-order valence-corrected chi connectivity index (χ3v) is 7.84. The van der Waals surface area contributed by atoms with Gasteiger partial charge in [0.2, 0.25) is 11.8 Å². The molecule has 0 aliphatic heterocycles. The number of carbonyl (C=O) groups is 2. The van der Waals surface area contributed by atoms with E-state index in [1.54, 1.807) is 30.0 Å². The zero-order valence-corrected chi connectivity index (χ0v) is 21.7. The molecule has 0 spiro atoms. The van der Waals surface area contributed by atoms with Crippen molar-refractivity contribution in [3.8, 4) is 0 Å². The number of carbonyl (C=O) groups excluding carboxylic acids is 2. The first-order valence-electron chi connectivity index (χ1n) is 11.2. The van der Waals surface area contributed by atoms with E-state index in [1.807, 2.05) is 24.3 Å². The highest BCUT2D eigenvalue weighted by Gasteiger charge is 2.28. The molecule has 33 heavy (non-hydrogen) atoms. The van der Waals surface area contributed by atoms with Crippen LogP contribution in [0.5, 0.6) is 0 Å². The van der Waals surface area contributed by atoms with E-state index >= 15 is 0 Å². The molecule has 0 unspecified atom stereocenters. The molecule has 2 aromatic rings. The van der Waals surface area contributed by atoms with Gasteiger partial charge in [-0.1, -0.05) is 72.3 Å². The molecular weight excluding hydrogens is 499 g/mol. The molecular formula is C25H29Cl3N2O2S. The van der Waals surface area contributed by atoms with Crippen molar-refractivity contribution in [2.45, 2.75) is 63.4 Å². The zero-order chi connectivity index (χ0) is 23.8. The SMILES string of the molecule is C[C@@H](C(=O)NC1CCCCC1)N(Cc1ccc(Cl)cc1)C(=O)CSCc1ccc(Cl)c(Cl)c1. The number of hydrogen-bond acceptors (Lipinski definition) is 3. The van der Waals surface area contributed by atoms with Gasteiger partial charge in [0, 0.05) is 23.4 Å². The van der Waals surface area contributed by atoms with Crippen LogP contribution >= 0.6 is 46.6 Å². The van der Waals surface area contributed by atoms with Crippen molar-refractivity contribution < 1.29 is 9.59 Å². The van der Waals surface area contributed by atoms with Crippen LogP contribution in [0.4, 0.5) is 0 Å². The molecule has 0 heterocycles. The highest BCUT2D eigenvalue weighted by molar-refractivity contribution is 7.99. The molecule has 1 aliphatic carbocycles. The molecule has 1 saturated carbocycles. The molecule has 0 saturated heterocycles. The predicted molar refractivity (Wildman–Crippen MR) is 139 cm³/mol. The van der Waals surface area contributed by atoms with Crippen molar-refractivity contribution in [3.63, 3.8) is 0 Å². The Morgan fingerprint density at radius 2 is 1.67 bits per heavy atom. The van der Waals surface area contributed by atoms with Gasteiger partial charge in [0.05, 0.1) is 15.8 Å². The van der Waals surface area contributed by atoms with E-state index < -0.39 is 6.04 Å². The second-order valence-electron chi connectivity index (χ2n) is 8.41. The summed E-state index contributed by atoms with van der Waals surface area (Å²) in [4.78, 5) is 27.9. The summed E-state index contributed by atoms with van der Waals surface area (Å²) < 4.78 is 0. The molecule has 3 rings (SSSR count). The quantitative estimate of drug-likeness (QED) is 0.392. The Morgan fingerprint density at radius 1 is 1.00 bits per heavy atom. The Labute approximate surface area is 215 Å². The lowest BCUT2D eigenvalue weighted by Crippen LogP contribution is -2.50. The van der Waals surface area contributed by atoms with Crippen LogP contribution in [0.25, 0.3) is 0 Å². The summed E-state index contributed by atoms with van der Waals surface area (Å²) >= 11 is 19.6. The molecule has 2 aromatic carbocycles. The summed E-state index contributed by atoms with van der Waals surface area (Å²) in [7, 11) is 0. The summed E-state index contributed by atoms with van der Waals surface area (Å²) in [6, 6.07) is 12.5. The van der Waals surface area contributed by atoms with Crippen LogP contribution in [0.1, 0.15) is 50.2 Å². The van der Waals surface area contributed by atoms with Crippen LogP contribution in [-0.2, 0) is 21.9 Å². The van der Waals surface area contributed by atoms with E-state index in [9.17, 15) is 9.59 Å². The average Bonchev–Trinajstić information content (AvgIpc) is 2.81. The van der Waals surface area contributed by atoms with Gasteiger partial charge in [-0.2, -0.15) is 0 Å². The van der Waals surface area contributed by atoms with E-state index in [1.165, 1.54) is 18.2 Å². The fourth-order valence-electron chi connectivity index (χ4n) is 3.91. The first-order valence-corrected chi connectivity index (χ1v) is 13.5. The number of amides is 2. The minimum Gasteiger partial charge on any atom is -0.352 e. The molecule has 1 aliphatic rings. The van der Waals surface area contributed by atoms with Gasteiger partial charge in [-0.25, -0.2) is 0 Å². The molecule has 178 valence electrons. The second-order valence-corrected chi connectivity index (χ2v) is 10.6. The average molecular weight is 528 g/mol. The van der Waals surface area contributed by atoms with Crippen molar-refractivity contribution in [1.82, 2.24) is 10.2 Å². The number of halogens is 3. The minimum absolute atomic E-state index is 0.0821. The number of nitrogens with zero attached hydrogens (tertiary/aromatic N) is 1. The maximum absolute atomic E-state index is 13.2. The first-order chi connectivity index (χ1) is 15.8. The van der Waals surface area contributed by atoms with Crippen molar-refractivity contribution in [1.29, 1.82) is 0 Å². The molecule has 0 bridgehead atoms. The molecule has 1 fully saturated rings. The third kappa shape index (κ3) is 8.10. The molecule has 1 atom stereocenters. The Hall–Kier alpha value is -1.40. The first kappa shape index (κ1) is 26.2. The summed E-state index contributed by atoms with van der Waals surface area (Å²) in [6.07, 6.45) is 5.50. The number of nitrogens with one attached hydrogen (secondary N) is 1. The third-order valence-electron chi connectivity index (χ3n) is 5.86. The van der Waals surface area contributed by atoms with Gasteiger partial charge in [0.25, 0.3) is 0 Å². The van der Waals surface area contributed by atoms with Gasteiger partial charge in [0.1, 0.15) is 6.04 Å². The van der Waals surface area contributed by atoms with Gasteiger partial charge in [0.15, 0.2) is 0 Å². The van der Waals surface area contributed by atoms with Crippen molar-refractivity contribution in [2.24, 2.45) is 0 Å². The number of thioether (sulfide) groups is 1. The zero-order valence-electron chi connectivity index (χ0n) is 18.7. The van der Waals surface area contributed by atoms with E-state index in [0.29, 0.717) is 27.4 Å². The maximum Gasteiger partial charge on any atom is 0.242 e. The topological polar surface area (TPSA) is 49.4 Å². The van der Waals surface area contributed by atoms with E-state index in [2.05, 4.69) is 5.32 Å². The molecule has 8 heteroatoms. The lowest BCUT2D eigenvalue weighted by molar-refractivity contribution is -0.139. The number of hydrogen-bond donors (Lipinski definition) is 1. The molecule has 0 radical (unpaired) electrons. The Morgan fingerprint density at radius 3 is 2.33 bits per heavy atom. The fraction of sp³-hybridized carbons (Fsp3) is 0.440. The van der Waals surface area contributed by atoms with Gasteiger partial charge in [-0.3, -0.25) is 9.59 Å². The standard InChI is InChI=1S/C25H29Cl3N2O2S/c1-17(25(32)29-21-5-3-2-4-6-21)30(14-18-7-10-20(26)11-8-18)24(31)16-33-15-19-9-12-22(27)23(28)13-19/h7-13,17,21H,2-6,14-16H2,1H3,(H,29,32)/t17-/m0/s1. The van der Waals surface area contributed by atoms with Gasteiger partial charge >= 0.3 is 0 Å². The Bertz CT molecular complexity index is 949. The monoisotopic (exact) mass is 526 g/mol. The van der Waals surface area contributed by atoms with E-state index in [-0.39, 0.29) is 23.6 Å². The van der Waals surface area contributed by atoms with E-state index in [4.69, 9.17) is 34.8 Å². The number of benzene rings is 2. The van der Waals surface area contributed by atoms with Crippen LogP contribution in [-0.4, -0.2) is 34.6 Å². The van der Waals surface area contributed by atoms with Crippen LogP contribution in [0.2, 0.25) is 15.1 Å². The summed E-state index contributed by atoms with van der Waals surface area (Å²) in [5.74, 6) is 0.703. The van der Waals surface area contributed by atoms with E-state index in [0.717, 1.165) is 36.8 Å². The highest BCUT2D eigenvalue weighted by atomic mass is 35.5. The summed E-state index contributed by atoms with van der Waals surface area (Å²) in [5, 5.41) is 4.80. The minimum atomic E-state index is -0.569. The Balaban J connectivity index is 1.65. The van der Waals surface area contributed by atoms with Crippen LogP contribution in [0.15, 0.2) is 42.5 Å². The van der Waals surface area contributed by atoms with Gasteiger partial charge < -0.3 is 10.2 Å². The lowest BCUT2D eigenvalue weighted by atomic mass is 9.95. The predicted octanol–water partition coefficient (Wildman–Crippen LogP) is 6.75. The van der Waals surface area contributed by atoms with Crippen molar-refractivity contribution >= 4 is 58.4 Å². The summed E-state index contributed by atoms with van der Waals surface area (Å²) in [6.45, 7) is 2.15. The molecule has 1 N–H and O–H groups in total. The summed E-state index contributed by atoms with van der Waals surface area (Å²) in [5.41, 5.74) is 1.93. The van der Waals surface area contributed by atoms with Crippen LogP contribution < -0.4 is 5.32 Å². The highest BCUT2D eigenvalue weighted by Crippen LogP contribution is 2.25. The maximum atomic E-state index is 13.2. The number of rotatable bonds is 9. The lowest BCUT2D eigenvalue weighted by Gasteiger charge is -2.31. The largest absolute Gasteiger partial charge is 0.352 e. The van der Waals surface area contributed by atoms with Crippen molar-refractivity contribution in [3.05, 3.63) is 68.7 Å². The normalized spacial score (nSPS) is 15.2. The molecule has 2 amide bonds. The molecule has 0 aromatic heterocycles. The van der Waals surface area contributed by atoms with Gasteiger partial charge in [-0.05, 0) is 55.2 Å². The van der Waals surface area contributed by atoms with Crippen molar-refractivity contribution in [2.75, 3.05) is 5.75 Å². The fourth-order valence-corrected chi connectivity index (χ4v) is 5.21. The smallest absolute Gasteiger partial charge is 0.242 e.